The van der Waals surface area contributed by atoms with E-state index in [0.29, 0.717) is 0 Å². The average Bonchev–Trinajstić information content (AvgIpc) is 2.49. The Hall–Kier alpha value is -1.91. The lowest BCUT2D eigenvalue weighted by Gasteiger charge is -2.26. The fourth-order valence-corrected chi connectivity index (χ4v) is 2.35. The van der Waals surface area contributed by atoms with Crippen molar-refractivity contribution in [1.29, 1.82) is 0 Å². The molecule has 0 radical (unpaired) electrons. The van der Waals surface area contributed by atoms with Crippen LogP contribution in [0.25, 0.3) is 0 Å². The number of carboxylic acid groups (broad SMARTS) is 1. The number of ether oxygens (including phenoxy) is 1. The van der Waals surface area contributed by atoms with Crippen molar-refractivity contribution in [2.45, 2.75) is 6.42 Å². The Labute approximate surface area is 107 Å². The number of benzene rings is 1. The molecule has 1 aromatic rings. The van der Waals surface area contributed by atoms with E-state index < -0.39 is 5.97 Å². The third-order valence-corrected chi connectivity index (χ3v) is 3.17. The summed E-state index contributed by atoms with van der Waals surface area (Å²) in [6.07, 6.45) is 0.932. The number of carbonyl (C=O) groups is 1. The smallest absolute Gasteiger partial charge is 0.323 e. The van der Waals surface area contributed by atoms with Gasteiger partial charge in [0.1, 0.15) is 18.0 Å². The summed E-state index contributed by atoms with van der Waals surface area (Å²) >= 11 is 0. The van der Waals surface area contributed by atoms with Crippen LogP contribution in [0.15, 0.2) is 18.2 Å². The van der Waals surface area contributed by atoms with Gasteiger partial charge in [-0.2, -0.15) is 0 Å². The number of aliphatic carboxylic acids is 1. The van der Waals surface area contributed by atoms with Gasteiger partial charge in [0.05, 0.1) is 12.8 Å². The lowest BCUT2D eigenvalue weighted by molar-refractivity contribution is -0.135. The van der Waals surface area contributed by atoms with Gasteiger partial charge in [0, 0.05) is 20.1 Å². The first-order valence-electron chi connectivity index (χ1n) is 5.98. The van der Waals surface area contributed by atoms with Crippen LogP contribution in [0.4, 0.5) is 11.4 Å². The molecule has 0 amide bonds. The fraction of sp³-hybridized carbons (Fsp3) is 0.462. The third-order valence-electron chi connectivity index (χ3n) is 3.17. The lowest BCUT2D eigenvalue weighted by atomic mass is 10.2. The second-order valence-electron chi connectivity index (χ2n) is 4.42. The predicted octanol–water partition coefficient (Wildman–Crippen LogP) is 1.43. The van der Waals surface area contributed by atoms with E-state index in [9.17, 15) is 4.79 Å². The summed E-state index contributed by atoms with van der Waals surface area (Å²) in [6.45, 7) is 1.64. The van der Waals surface area contributed by atoms with Gasteiger partial charge in [0.15, 0.2) is 0 Å². The van der Waals surface area contributed by atoms with Crippen molar-refractivity contribution in [2.75, 3.05) is 43.6 Å². The third kappa shape index (κ3) is 2.34. The van der Waals surface area contributed by atoms with Crippen molar-refractivity contribution in [3.8, 4) is 5.75 Å². The highest BCUT2D eigenvalue weighted by Crippen LogP contribution is 2.39. The fourth-order valence-electron chi connectivity index (χ4n) is 2.35. The first-order chi connectivity index (χ1) is 8.63. The molecule has 0 atom stereocenters. The first-order valence-corrected chi connectivity index (χ1v) is 5.98. The molecule has 1 aromatic carbocycles. The molecule has 0 fully saturated rings. The number of methoxy groups -OCH3 is 1. The first kappa shape index (κ1) is 12.5. The molecule has 1 N–H and O–H groups in total. The Morgan fingerprint density at radius 2 is 2.22 bits per heavy atom. The van der Waals surface area contributed by atoms with Crippen LogP contribution in [0.3, 0.4) is 0 Å². The summed E-state index contributed by atoms with van der Waals surface area (Å²) in [5.41, 5.74) is 1.90. The molecule has 2 rings (SSSR count). The molecule has 0 saturated heterocycles. The highest BCUT2D eigenvalue weighted by atomic mass is 16.5. The highest BCUT2D eigenvalue weighted by Gasteiger charge is 2.23. The van der Waals surface area contributed by atoms with E-state index in [4.69, 9.17) is 9.84 Å². The number of hydrogen-bond acceptors (Lipinski definition) is 4. The van der Waals surface area contributed by atoms with Gasteiger partial charge < -0.3 is 19.6 Å². The second-order valence-corrected chi connectivity index (χ2v) is 4.42. The zero-order valence-electron chi connectivity index (χ0n) is 10.7. The van der Waals surface area contributed by atoms with E-state index in [1.807, 2.05) is 30.1 Å². The maximum absolute atomic E-state index is 11.0. The van der Waals surface area contributed by atoms with Gasteiger partial charge in [-0.3, -0.25) is 4.79 Å². The Morgan fingerprint density at radius 1 is 1.44 bits per heavy atom. The van der Waals surface area contributed by atoms with E-state index in [-0.39, 0.29) is 6.54 Å². The minimum absolute atomic E-state index is 0.00120. The van der Waals surface area contributed by atoms with Gasteiger partial charge in [-0.1, -0.05) is 6.07 Å². The molecular weight excluding hydrogens is 232 g/mol. The molecule has 0 aliphatic carbocycles. The van der Waals surface area contributed by atoms with Crippen molar-refractivity contribution in [3.05, 3.63) is 18.2 Å². The average molecular weight is 250 g/mol. The Morgan fingerprint density at radius 3 is 2.89 bits per heavy atom. The van der Waals surface area contributed by atoms with Crippen LogP contribution >= 0.6 is 0 Å². The normalized spacial score (nSPS) is 15.0. The highest BCUT2D eigenvalue weighted by molar-refractivity contribution is 5.82. The maximum Gasteiger partial charge on any atom is 0.323 e. The molecule has 1 aliphatic heterocycles. The molecule has 0 bridgehead atoms. The molecule has 1 heterocycles. The number of carboxylic acids is 1. The minimum Gasteiger partial charge on any atom is -0.495 e. The predicted molar refractivity (Wildman–Crippen MR) is 70.7 cm³/mol. The molecule has 0 spiro atoms. The summed E-state index contributed by atoms with van der Waals surface area (Å²) in [5, 5.41) is 9.02. The van der Waals surface area contributed by atoms with Gasteiger partial charge in [-0.05, 0) is 18.6 Å². The van der Waals surface area contributed by atoms with Crippen LogP contribution < -0.4 is 14.5 Å². The molecule has 0 unspecified atom stereocenters. The van der Waals surface area contributed by atoms with Gasteiger partial charge >= 0.3 is 5.97 Å². The quantitative estimate of drug-likeness (QED) is 0.879. The monoisotopic (exact) mass is 250 g/mol. The van der Waals surface area contributed by atoms with Gasteiger partial charge in [-0.15, -0.1) is 0 Å². The number of nitrogens with zero attached hydrogens (tertiary/aromatic N) is 2. The minimum atomic E-state index is -0.823. The van der Waals surface area contributed by atoms with Crippen LogP contribution in [0.2, 0.25) is 0 Å². The van der Waals surface area contributed by atoms with Gasteiger partial charge in [0.2, 0.25) is 0 Å². The van der Waals surface area contributed by atoms with Gasteiger partial charge in [0.25, 0.3) is 0 Å². The molecule has 18 heavy (non-hydrogen) atoms. The number of anilines is 2. The van der Waals surface area contributed by atoms with E-state index >= 15 is 0 Å². The van der Waals surface area contributed by atoms with Crippen LogP contribution in [-0.4, -0.2) is 44.9 Å². The molecule has 1 aliphatic rings. The van der Waals surface area contributed by atoms with Crippen molar-refractivity contribution in [2.24, 2.45) is 0 Å². The van der Waals surface area contributed by atoms with Crippen molar-refractivity contribution in [3.63, 3.8) is 0 Å². The summed E-state index contributed by atoms with van der Waals surface area (Å²) in [4.78, 5) is 15.0. The summed E-state index contributed by atoms with van der Waals surface area (Å²) < 4.78 is 5.37. The Bertz CT molecular complexity index is 448. The van der Waals surface area contributed by atoms with E-state index in [0.717, 1.165) is 36.6 Å². The molecule has 5 nitrogen and oxygen atoms in total. The summed E-state index contributed by atoms with van der Waals surface area (Å²) in [7, 11) is 3.63. The van der Waals surface area contributed by atoms with Crippen molar-refractivity contribution in [1.82, 2.24) is 0 Å². The van der Waals surface area contributed by atoms with E-state index in [1.165, 1.54) is 0 Å². The zero-order chi connectivity index (χ0) is 13.1. The second kappa shape index (κ2) is 5.16. The van der Waals surface area contributed by atoms with Crippen LogP contribution in [0.5, 0.6) is 5.75 Å². The number of para-hydroxylation sites is 1. The van der Waals surface area contributed by atoms with Crippen molar-refractivity contribution < 1.29 is 14.6 Å². The summed E-state index contributed by atoms with van der Waals surface area (Å²) in [5.74, 6) is -0.0982. The maximum atomic E-state index is 11.0. The van der Waals surface area contributed by atoms with Crippen molar-refractivity contribution >= 4 is 17.3 Å². The van der Waals surface area contributed by atoms with Crippen LogP contribution in [-0.2, 0) is 4.79 Å². The number of fused-ring (bicyclic) bond motifs is 1. The Kier molecular flexibility index (Phi) is 3.60. The molecule has 0 aromatic heterocycles. The lowest BCUT2D eigenvalue weighted by Crippen LogP contribution is -2.30. The molecular formula is C13H18N2O3. The van der Waals surface area contributed by atoms with Gasteiger partial charge in [-0.25, -0.2) is 0 Å². The number of hydrogen-bond donors (Lipinski definition) is 1. The van der Waals surface area contributed by atoms with E-state index in [1.54, 1.807) is 7.11 Å². The molecule has 0 saturated carbocycles. The summed E-state index contributed by atoms with van der Waals surface area (Å²) in [6, 6.07) is 5.79. The van der Waals surface area contributed by atoms with Crippen LogP contribution in [0, 0.1) is 0 Å². The number of rotatable bonds is 3. The van der Waals surface area contributed by atoms with E-state index in [2.05, 4.69) is 4.90 Å². The zero-order valence-corrected chi connectivity index (χ0v) is 10.7. The SMILES string of the molecule is COc1cccc2c1N(CC(=O)O)CCCN2C. The molecule has 5 heteroatoms. The largest absolute Gasteiger partial charge is 0.495 e. The molecule has 98 valence electrons. The standard InChI is InChI=1S/C13H18N2O3/c1-14-7-4-8-15(9-12(16)17)13-10(14)5-3-6-11(13)18-2/h3,5-6H,4,7-9H2,1-2H3,(H,16,17). The Balaban J connectivity index is 2.48. The topological polar surface area (TPSA) is 53.0 Å². The van der Waals surface area contributed by atoms with Crippen LogP contribution in [0.1, 0.15) is 6.42 Å².